The number of aliphatic hydroxyl groups is 1. The fraction of sp³-hybridized carbons (Fsp3) is 0.632. The monoisotopic (exact) mass is 351 g/mol. The second-order valence-corrected chi connectivity index (χ2v) is 6.07. The van der Waals surface area contributed by atoms with Crippen molar-refractivity contribution in [1.29, 1.82) is 0 Å². The van der Waals surface area contributed by atoms with E-state index >= 15 is 0 Å². The van der Waals surface area contributed by atoms with Crippen LogP contribution in [0.1, 0.15) is 32.3 Å². The standard InChI is InChI=1S/C19H33N3O3/c1-4-20-18(21-12-8-9-13-25-15-14-24-3)22-16-19(2,23)17-10-6-5-7-11-17/h5-7,10-11,23H,4,8-9,12-16H2,1-3H3,(H2,20,21,22). The third kappa shape index (κ3) is 9.43. The summed E-state index contributed by atoms with van der Waals surface area (Å²) in [4.78, 5) is 4.52. The molecule has 0 fully saturated rings. The van der Waals surface area contributed by atoms with Crippen LogP contribution in [0.5, 0.6) is 0 Å². The van der Waals surface area contributed by atoms with Crippen LogP contribution in [-0.4, -0.2) is 57.6 Å². The molecule has 0 spiro atoms. The first-order valence-electron chi connectivity index (χ1n) is 8.97. The maximum Gasteiger partial charge on any atom is 0.191 e. The average Bonchev–Trinajstić information content (AvgIpc) is 2.62. The van der Waals surface area contributed by atoms with E-state index in [2.05, 4.69) is 15.6 Å². The first-order valence-corrected chi connectivity index (χ1v) is 8.97. The van der Waals surface area contributed by atoms with Gasteiger partial charge in [-0.15, -0.1) is 0 Å². The van der Waals surface area contributed by atoms with Gasteiger partial charge in [0.25, 0.3) is 0 Å². The predicted octanol–water partition coefficient (Wildman–Crippen LogP) is 1.89. The number of guanidine groups is 1. The van der Waals surface area contributed by atoms with Crippen molar-refractivity contribution in [3.05, 3.63) is 35.9 Å². The molecule has 1 rings (SSSR count). The molecule has 0 radical (unpaired) electrons. The van der Waals surface area contributed by atoms with Gasteiger partial charge in [0.15, 0.2) is 5.96 Å². The summed E-state index contributed by atoms with van der Waals surface area (Å²) in [6.07, 6.45) is 1.98. The molecule has 6 heteroatoms. The van der Waals surface area contributed by atoms with Gasteiger partial charge in [0.05, 0.1) is 19.8 Å². The number of nitrogens with one attached hydrogen (secondary N) is 2. The first kappa shape index (κ1) is 21.4. The second kappa shape index (κ2) is 12.7. The van der Waals surface area contributed by atoms with Crippen LogP contribution < -0.4 is 10.6 Å². The molecule has 0 aromatic heterocycles. The fourth-order valence-corrected chi connectivity index (χ4v) is 2.24. The number of hydrogen-bond acceptors (Lipinski definition) is 4. The Bertz CT molecular complexity index is 478. The minimum absolute atomic E-state index is 0.298. The molecule has 0 saturated carbocycles. The van der Waals surface area contributed by atoms with Crippen molar-refractivity contribution in [1.82, 2.24) is 10.6 Å². The number of nitrogens with zero attached hydrogens (tertiary/aromatic N) is 1. The zero-order chi connectivity index (χ0) is 18.4. The zero-order valence-corrected chi connectivity index (χ0v) is 15.8. The summed E-state index contributed by atoms with van der Waals surface area (Å²) in [7, 11) is 1.67. The molecule has 25 heavy (non-hydrogen) atoms. The fourth-order valence-electron chi connectivity index (χ4n) is 2.24. The van der Waals surface area contributed by atoms with Crippen LogP contribution in [0.2, 0.25) is 0 Å². The van der Waals surface area contributed by atoms with E-state index in [9.17, 15) is 5.11 Å². The average molecular weight is 351 g/mol. The summed E-state index contributed by atoms with van der Waals surface area (Å²) in [5.74, 6) is 0.721. The van der Waals surface area contributed by atoms with E-state index in [-0.39, 0.29) is 0 Å². The topological polar surface area (TPSA) is 75.1 Å². The van der Waals surface area contributed by atoms with Crippen LogP contribution in [0.15, 0.2) is 35.3 Å². The highest BCUT2D eigenvalue weighted by atomic mass is 16.5. The summed E-state index contributed by atoms with van der Waals surface area (Å²) in [6.45, 7) is 7.71. The minimum Gasteiger partial charge on any atom is -0.384 e. The minimum atomic E-state index is -0.987. The SMILES string of the molecule is CCNC(=NCC(C)(O)c1ccccc1)NCCCCOCCOC. The van der Waals surface area contributed by atoms with Gasteiger partial charge in [-0.2, -0.15) is 0 Å². The lowest BCUT2D eigenvalue weighted by molar-refractivity contribution is 0.0672. The van der Waals surface area contributed by atoms with Gasteiger partial charge in [-0.3, -0.25) is 0 Å². The molecule has 6 nitrogen and oxygen atoms in total. The van der Waals surface area contributed by atoms with Gasteiger partial charge in [0.1, 0.15) is 5.60 Å². The lowest BCUT2D eigenvalue weighted by atomic mass is 9.96. The van der Waals surface area contributed by atoms with Crippen LogP contribution >= 0.6 is 0 Å². The normalized spacial score (nSPS) is 14.2. The van der Waals surface area contributed by atoms with Crippen LogP contribution in [0.3, 0.4) is 0 Å². The Morgan fingerprint density at radius 3 is 2.56 bits per heavy atom. The van der Waals surface area contributed by atoms with E-state index in [0.717, 1.165) is 44.1 Å². The van der Waals surface area contributed by atoms with Crippen LogP contribution in [0.25, 0.3) is 0 Å². The molecule has 1 unspecified atom stereocenters. The molecular weight excluding hydrogens is 318 g/mol. The molecule has 0 heterocycles. The van der Waals surface area contributed by atoms with Gasteiger partial charge < -0.3 is 25.2 Å². The van der Waals surface area contributed by atoms with Gasteiger partial charge in [-0.05, 0) is 32.3 Å². The number of ether oxygens (including phenoxy) is 2. The zero-order valence-electron chi connectivity index (χ0n) is 15.8. The predicted molar refractivity (Wildman–Crippen MR) is 102 cm³/mol. The summed E-state index contributed by atoms with van der Waals surface area (Å²) in [5, 5.41) is 17.1. The molecular formula is C19H33N3O3. The second-order valence-electron chi connectivity index (χ2n) is 6.07. The largest absolute Gasteiger partial charge is 0.384 e. The Hall–Kier alpha value is -1.63. The molecule has 1 aromatic rings. The molecule has 0 amide bonds. The molecule has 1 atom stereocenters. The Morgan fingerprint density at radius 1 is 1.12 bits per heavy atom. The van der Waals surface area contributed by atoms with E-state index in [1.165, 1.54) is 0 Å². The van der Waals surface area contributed by atoms with Gasteiger partial charge in [0, 0.05) is 26.8 Å². The highest BCUT2D eigenvalue weighted by Crippen LogP contribution is 2.20. The van der Waals surface area contributed by atoms with Crippen molar-refractivity contribution in [2.24, 2.45) is 4.99 Å². The summed E-state index contributed by atoms with van der Waals surface area (Å²) in [5.41, 5.74) is -0.124. The third-order valence-electron chi connectivity index (χ3n) is 3.72. The van der Waals surface area contributed by atoms with Gasteiger partial charge in [0.2, 0.25) is 0 Å². The number of methoxy groups -OCH3 is 1. The molecule has 0 aliphatic rings. The number of hydrogen-bond donors (Lipinski definition) is 3. The van der Waals surface area contributed by atoms with Crippen molar-refractivity contribution in [3.8, 4) is 0 Å². The number of unbranched alkanes of at least 4 members (excludes halogenated alkanes) is 1. The molecule has 142 valence electrons. The van der Waals surface area contributed by atoms with Crippen LogP contribution in [0.4, 0.5) is 0 Å². The van der Waals surface area contributed by atoms with E-state index in [4.69, 9.17) is 9.47 Å². The number of aliphatic imine (C=N–C) groups is 1. The van der Waals surface area contributed by atoms with E-state index in [0.29, 0.717) is 19.8 Å². The maximum absolute atomic E-state index is 10.6. The lowest BCUT2D eigenvalue weighted by Gasteiger charge is -2.22. The Morgan fingerprint density at radius 2 is 1.88 bits per heavy atom. The van der Waals surface area contributed by atoms with Crippen LogP contribution in [0, 0.1) is 0 Å². The number of rotatable bonds is 12. The van der Waals surface area contributed by atoms with Gasteiger partial charge in [-0.1, -0.05) is 30.3 Å². The lowest BCUT2D eigenvalue weighted by Crippen LogP contribution is -2.39. The molecule has 0 saturated heterocycles. The third-order valence-corrected chi connectivity index (χ3v) is 3.72. The summed E-state index contributed by atoms with van der Waals surface area (Å²) >= 11 is 0. The molecule has 0 aliphatic heterocycles. The van der Waals surface area contributed by atoms with E-state index < -0.39 is 5.60 Å². The van der Waals surface area contributed by atoms with Crippen molar-refractivity contribution in [3.63, 3.8) is 0 Å². The maximum atomic E-state index is 10.6. The van der Waals surface area contributed by atoms with E-state index in [1.807, 2.05) is 37.3 Å². The summed E-state index contributed by atoms with van der Waals surface area (Å²) in [6, 6.07) is 9.61. The molecule has 1 aromatic carbocycles. The van der Waals surface area contributed by atoms with Crippen molar-refractivity contribution in [2.75, 3.05) is 46.6 Å². The van der Waals surface area contributed by atoms with Gasteiger partial charge >= 0.3 is 0 Å². The van der Waals surface area contributed by atoms with E-state index in [1.54, 1.807) is 14.0 Å². The molecule has 0 bridgehead atoms. The Labute approximate surface area is 151 Å². The summed E-state index contributed by atoms with van der Waals surface area (Å²) < 4.78 is 10.4. The highest BCUT2D eigenvalue weighted by molar-refractivity contribution is 5.79. The van der Waals surface area contributed by atoms with Crippen molar-refractivity contribution in [2.45, 2.75) is 32.3 Å². The smallest absolute Gasteiger partial charge is 0.191 e. The van der Waals surface area contributed by atoms with Gasteiger partial charge in [-0.25, -0.2) is 4.99 Å². The first-order chi connectivity index (χ1) is 12.1. The quantitative estimate of drug-likeness (QED) is 0.305. The Kier molecular flexibility index (Phi) is 10.9. The highest BCUT2D eigenvalue weighted by Gasteiger charge is 2.22. The van der Waals surface area contributed by atoms with Crippen LogP contribution in [-0.2, 0) is 15.1 Å². The van der Waals surface area contributed by atoms with Crippen molar-refractivity contribution >= 4 is 5.96 Å². The molecule has 3 N–H and O–H groups in total. The molecule has 0 aliphatic carbocycles. The number of benzene rings is 1. The van der Waals surface area contributed by atoms with Crippen molar-refractivity contribution < 1.29 is 14.6 Å². The Balaban J connectivity index is 2.36.